The number of carbonyl (C=O) groups excluding carboxylic acids is 1. The van der Waals surface area contributed by atoms with Gasteiger partial charge in [-0.15, -0.1) is 0 Å². The van der Waals surface area contributed by atoms with E-state index >= 15 is 0 Å². The Morgan fingerprint density at radius 3 is 3.00 bits per heavy atom. The smallest absolute Gasteiger partial charge is 0.255 e. The number of nitrogens with two attached hydrogens (primary N) is 1. The van der Waals surface area contributed by atoms with E-state index in [9.17, 15) is 9.18 Å². The summed E-state index contributed by atoms with van der Waals surface area (Å²) in [7, 11) is 0. The number of amides is 1. The maximum Gasteiger partial charge on any atom is 0.255 e. The quantitative estimate of drug-likeness (QED) is 0.928. The number of benzene rings is 1. The van der Waals surface area contributed by atoms with Crippen LogP contribution in [-0.4, -0.2) is 29.9 Å². The summed E-state index contributed by atoms with van der Waals surface area (Å²) in [6.45, 7) is 2.86. The summed E-state index contributed by atoms with van der Waals surface area (Å²) >= 11 is 6.06. The van der Waals surface area contributed by atoms with Crippen molar-refractivity contribution in [1.82, 2.24) is 4.90 Å². The van der Waals surface area contributed by atoms with Crippen molar-refractivity contribution in [3.8, 4) is 0 Å². The van der Waals surface area contributed by atoms with Crippen molar-refractivity contribution in [3.63, 3.8) is 0 Å². The molecule has 0 aliphatic carbocycles. The molecule has 3 nitrogen and oxygen atoms in total. The van der Waals surface area contributed by atoms with E-state index in [0.29, 0.717) is 23.7 Å². The first-order valence-electron chi connectivity index (χ1n) is 6.51. The minimum atomic E-state index is -0.401. The second kappa shape index (κ2) is 5.88. The number of halogens is 2. The Hall–Kier alpha value is -1.13. The third-order valence-corrected chi connectivity index (χ3v) is 3.93. The summed E-state index contributed by atoms with van der Waals surface area (Å²) in [5.74, 6) is -0.595. The monoisotopic (exact) mass is 284 g/mol. The van der Waals surface area contributed by atoms with Crippen LogP contribution in [0.15, 0.2) is 12.1 Å². The molecule has 0 radical (unpaired) electrons. The molecule has 0 saturated carbocycles. The average Bonchev–Trinajstić information content (AvgIpc) is 2.82. The van der Waals surface area contributed by atoms with E-state index in [0.717, 1.165) is 19.3 Å². The average molecular weight is 285 g/mol. The first kappa shape index (κ1) is 14.3. The van der Waals surface area contributed by atoms with Gasteiger partial charge in [-0.2, -0.15) is 0 Å². The van der Waals surface area contributed by atoms with Crippen LogP contribution in [0.2, 0.25) is 5.02 Å². The van der Waals surface area contributed by atoms with Crippen molar-refractivity contribution in [2.75, 3.05) is 13.1 Å². The van der Waals surface area contributed by atoms with Crippen molar-refractivity contribution in [2.45, 2.75) is 32.2 Å². The van der Waals surface area contributed by atoms with Gasteiger partial charge in [0.25, 0.3) is 5.91 Å². The summed E-state index contributed by atoms with van der Waals surface area (Å²) in [5.41, 5.74) is 6.25. The Bertz CT molecular complexity index is 493. The van der Waals surface area contributed by atoms with Gasteiger partial charge in [0, 0.05) is 12.6 Å². The lowest BCUT2D eigenvalue weighted by Crippen LogP contribution is -2.36. The molecule has 1 amide bonds. The minimum Gasteiger partial charge on any atom is -0.336 e. The molecule has 0 spiro atoms. The van der Waals surface area contributed by atoms with Crippen LogP contribution in [-0.2, 0) is 0 Å². The van der Waals surface area contributed by atoms with Crippen molar-refractivity contribution < 1.29 is 9.18 Å². The van der Waals surface area contributed by atoms with Crippen molar-refractivity contribution in [3.05, 3.63) is 34.1 Å². The highest BCUT2D eigenvalue weighted by molar-refractivity contribution is 6.33. The predicted molar refractivity (Wildman–Crippen MR) is 73.9 cm³/mol. The Morgan fingerprint density at radius 1 is 1.58 bits per heavy atom. The van der Waals surface area contributed by atoms with Gasteiger partial charge in [0.05, 0.1) is 10.6 Å². The molecular weight excluding hydrogens is 267 g/mol. The largest absolute Gasteiger partial charge is 0.336 e. The fourth-order valence-corrected chi connectivity index (χ4v) is 2.86. The van der Waals surface area contributed by atoms with Gasteiger partial charge in [-0.05, 0) is 50.4 Å². The number of aryl methyl sites for hydroxylation is 1. The molecule has 1 atom stereocenters. The molecule has 1 heterocycles. The van der Waals surface area contributed by atoms with Crippen LogP contribution >= 0.6 is 11.6 Å². The standard InChI is InChI=1S/C14H18ClFN2O/c1-9-7-12(15)11(8-13(9)16)14(19)18-6-2-3-10(18)4-5-17/h7-8,10H,2-6,17H2,1H3. The third-order valence-electron chi connectivity index (χ3n) is 3.62. The summed E-state index contributed by atoms with van der Waals surface area (Å²) in [6.07, 6.45) is 2.69. The van der Waals surface area contributed by atoms with Crippen LogP contribution in [0, 0.1) is 12.7 Å². The molecule has 5 heteroatoms. The molecule has 0 bridgehead atoms. The van der Waals surface area contributed by atoms with Crippen LogP contribution in [0.5, 0.6) is 0 Å². The molecule has 1 aromatic carbocycles. The predicted octanol–water partition coefficient (Wildman–Crippen LogP) is 2.74. The van der Waals surface area contributed by atoms with Crippen molar-refractivity contribution >= 4 is 17.5 Å². The summed E-state index contributed by atoms with van der Waals surface area (Å²) in [6, 6.07) is 2.88. The second-order valence-corrected chi connectivity index (χ2v) is 5.36. The molecule has 2 rings (SSSR count). The van der Waals surface area contributed by atoms with E-state index in [4.69, 9.17) is 17.3 Å². The number of likely N-dealkylation sites (tertiary alicyclic amines) is 1. The Labute approximate surface area is 117 Å². The van der Waals surface area contributed by atoms with Gasteiger partial charge in [0.1, 0.15) is 5.82 Å². The highest BCUT2D eigenvalue weighted by Gasteiger charge is 2.30. The molecule has 1 aliphatic heterocycles. The number of carbonyl (C=O) groups is 1. The lowest BCUT2D eigenvalue weighted by atomic mass is 10.1. The SMILES string of the molecule is Cc1cc(Cl)c(C(=O)N2CCCC2CCN)cc1F. The van der Waals surface area contributed by atoms with E-state index in [1.165, 1.54) is 12.1 Å². The second-order valence-electron chi connectivity index (χ2n) is 4.95. The van der Waals surface area contributed by atoms with E-state index in [-0.39, 0.29) is 17.5 Å². The highest BCUT2D eigenvalue weighted by Crippen LogP contribution is 2.26. The Kier molecular flexibility index (Phi) is 4.42. The molecule has 1 aliphatic rings. The molecule has 1 fully saturated rings. The minimum absolute atomic E-state index is 0.151. The summed E-state index contributed by atoms with van der Waals surface area (Å²) in [4.78, 5) is 14.2. The third kappa shape index (κ3) is 2.90. The zero-order valence-electron chi connectivity index (χ0n) is 11.0. The normalized spacial score (nSPS) is 18.9. The molecular formula is C14H18ClFN2O. The van der Waals surface area contributed by atoms with Gasteiger partial charge < -0.3 is 10.6 Å². The fraction of sp³-hybridized carbons (Fsp3) is 0.500. The van der Waals surface area contributed by atoms with E-state index in [1.807, 2.05) is 0 Å². The topological polar surface area (TPSA) is 46.3 Å². The maximum atomic E-state index is 13.6. The molecule has 1 unspecified atom stereocenters. The molecule has 19 heavy (non-hydrogen) atoms. The van der Waals surface area contributed by atoms with Gasteiger partial charge in [-0.3, -0.25) is 4.79 Å². The molecule has 0 aromatic heterocycles. The van der Waals surface area contributed by atoms with E-state index in [1.54, 1.807) is 11.8 Å². The van der Waals surface area contributed by atoms with Crippen LogP contribution in [0.4, 0.5) is 4.39 Å². The molecule has 2 N–H and O–H groups in total. The zero-order chi connectivity index (χ0) is 14.0. The first-order valence-corrected chi connectivity index (χ1v) is 6.89. The van der Waals surface area contributed by atoms with Gasteiger partial charge in [-0.1, -0.05) is 11.6 Å². The van der Waals surface area contributed by atoms with Gasteiger partial charge >= 0.3 is 0 Å². The van der Waals surface area contributed by atoms with Gasteiger partial charge in [0.15, 0.2) is 0 Å². The number of hydrogen-bond acceptors (Lipinski definition) is 2. The Balaban J connectivity index is 2.26. The van der Waals surface area contributed by atoms with Crippen molar-refractivity contribution in [2.24, 2.45) is 5.73 Å². The van der Waals surface area contributed by atoms with Crippen molar-refractivity contribution in [1.29, 1.82) is 0 Å². The lowest BCUT2D eigenvalue weighted by Gasteiger charge is -2.25. The zero-order valence-corrected chi connectivity index (χ0v) is 11.7. The number of nitrogens with zero attached hydrogens (tertiary/aromatic N) is 1. The van der Waals surface area contributed by atoms with Crippen LogP contribution in [0.3, 0.4) is 0 Å². The van der Waals surface area contributed by atoms with Crippen LogP contribution < -0.4 is 5.73 Å². The van der Waals surface area contributed by atoms with Gasteiger partial charge in [0.2, 0.25) is 0 Å². The highest BCUT2D eigenvalue weighted by atomic mass is 35.5. The molecule has 104 valence electrons. The van der Waals surface area contributed by atoms with E-state index < -0.39 is 5.82 Å². The molecule has 1 saturated heterocycles. The lowest BCUT2D eigenvalue weighted by molar-refractivity contribution is 0.0732. The van der Waals surface area contributed by atoms with Crippen LogP contribution in [0.1, 0.15) is 35.2 Å². The Morgan fingerprint density at radius 2 is 2.32 bits per heavy atom. The van der Waals surface area contributed by atoms with Crippen LogP contribution in [0.25, 0.3) is 0 Å². The fourth-order valence-electron chi connectivity index (χ4n) is 2.56. The van der Waals surface area contributed by atoms with Gasteiger partial charge in [-0.25, -0.2) is 4.39 Å². The molecule has 1 aromatic rings. The summed E-state index contributed by atoms with van der Waals surface area (Å²) in [5, 5.41) is 0.308. The number of hydrogen-bond donors (Lipinski definition) is 1. The summed E-state index contributed by atoms with van der Waals surface area (Å²) < 4.78 is 13.6. The van der Waals surface area contributed by atoms with E-state index in [2.05, 4.69) is 0 Å². The first-order chi connectivity index (χ1) is 9.04. The maximum absolute atomic E-state index is 13.6. The number of rotatable bonds is 3.